The van der Waals surface area contributed by atoms with Crippen molar-refractivity contribution in [2.45, 2.75) is 25.3 Å². The number of allylic oxidation sites excluding steroid dienone is 3. The van der Waals surface area contributed by atoms with Gasteiger partial charge in [0.15, 0.2) is 0 Å². The number of hydrogen-bond donors (Lipinski definition) is 2. The Bertz CT molecular complexity index is 345. The van der Waals surface area contributed by atoms with Gasteiger partial charge in [-0.1, -0.05) is 24.3 Å². The van der Waals surface area contributed by atoms with Crippen molar-refractivity contribution in [3.8, 4) is 0 Å². The van der Waals surface area contributed by atoms with E-state index in [2.05, 4.69) is 17.5 Å². The van der Waals surface area contributed by atoms with Gasteiger partial charge in [-0.3, -0.25) is 0 Å². The summed E-state index contributed by atoms with van der Waals surface area (Å²) in [6, 6.07) is 0.602. The molecule has 1 saturated carbocycles. The molecule has 0 aliphatic heterocycles. The number of nitrogens with one attached hydrogen (secondary N) is 1. The highest BCUT2D eigenvalue weighted by Gasteiger charge is 2.44. The van der Waals surface area contributed by atoms with Crippen LogP contribution in [-0.4, -0.2) is 25.8 Å². The lowest BCUT2D eigenvalue weighted by molar-refractivity contribution is 0.0310. The maximum Gasteiger partial charge on any atom is 0.404 e. The first-order chi connectivity index (χ1) is 8.16. The van der Waals surface area contributed by atoms with E-state index in [1.54, 1.807) is 0 Å². The molecule has 0 aromatic heterocycles. The van der Waals surface area contributed by atoms with Gasteiger partial charge in [0, 0.05) is 11.5 Å². The minimum Gasteiger partial charge on any atom is -0.449 e. The molecule has 0 aromatic rings. The predicted molar refractivity (Wildman–Crippen MR) is 66.4 cm³/mol. The smallest absolute Gasteiger partial charge is 0.404 e. The summed E-state index contributed by atoms with van der Waals surface area (Å²) in [6.07, 6.45) is 10.9. The van der Waals surface area contributed by atoms with Crippen molar-refractivity contribution in [1.82, 2.24) is 5.32 Å². The Morgan fingerprint density at radius 2 is 2.29 bits per heavy atom. The number of nitrogens with two attached hydrogens (primary N) is 1. The maximum atomic E-state index is 10.8. The van der Waals surface area contributed by atoms with Gasteiger partial charge in [-0.05, 0) is 32.2 Å². The molecule has 2 aliphatic carbocycles. The number of carbonyl (C=O) groups is 1. The van der Waals surface area contributed by atoms with Crippen molar-refractivity contribution in [2.24, 2.45) is 17.1 Å². The minimum atomic E-state index is -0.684. The zero-order valence-electron chi connectivity index (χ0n) is 10.2. The first kappa shape index (κ1) is 12.2. The standard InChI is InChI=1S/C13H20N2O2/c1-15-11-7-10(8-11)13(9-17-12(14)16)5-3-2-4-6-13/h2-5,10-11,15H,6-9H2,1H3,(H2,14,16). The largest absolute Gasteiger partial charge is 0.449 e. The Kier molecular flexibility index (Phi) is 3.52. The average Bonchev–Trinajstić information content (AvgIpc) is 2.26. The summed E-state index contributed by atoms with van der Waals surface area (Å²) < 4.78 is 5.04. The van der Waals surface area contributed by atoms with Crippen molar-refractivity contribution in [3.63, 3.8) is 0 Å². The normalized spacial score (nSPS) is 35.4. The van der Waals surface area contributed by atoms with E-state index in [0.717, 1.165) is 19.3 Å². The van der Waals surface area contributed by atoms with Crippen molar-refractivity contribution < 1.29 is 9.53 Å². The lowest BCUT2D eigenvalue weighted by Crippen LogP contribution is -2.49. The highest BCUT2D eigenvalue weighted by Crippen LogP contribution is 2.47. The van der Waals surface area contributed by atoms with E-state index in [4.69, 9.17) is 10.5 Å². The Hall–Kier alpha value is -1.29. The van der Waals surface area contributed by atoms with Gasteiger partial charge in [-0.25, -0.2) is 4.79 Å². The van der Waals surface area contributed by atoms with E-state index in [9.17, 15) is 4.79 Å². The van der Waals surface area contributed by atoms with Crippen LogP contribution < -0.4 is 11.1 Å². The molecule has 1 fully saturated rings. The molecule has 1 unspecified atom stereocenters. The quantitative estimate of drug-likeness (QED) is 0.779. The molecule has 17 heavy (non-hydrogen) atoms. The van der Waals surface area contributed by atoms with Gasteiger partial charge in [-0.2, -0.15) is 0 Å². The molecule has 0 saturated heterocycles. The number of hydrogen-bond acceptors (Lipinski definition) is 3. The van der Waals surface area contributed by atoms with Gasteiger partial charge >= 0.3 is 6.09 Å². The van der Waals surface area contributed by atoms with Gasteiger partial charge in [0.25, 0.3) is 0 Å². The SMILES string of the molecule is CNC1CC(C2(COC(N)=O)C=CC=CC2)C1. The summed E-state index contributed by atoms with van der Waals surface area (Å²) in [5.41, 5.74) is 5.02. The summed E-state index contributed by atoms with van der Waals surface area (Å²) in [5.74, 6) is 0.570. The van der Waals surface area contributed by atoms with Gasteiger partial charge < -0.3 is 15.8 Å². The van der Waals surface area contributed by atoms with E-state index in [1.807, 2.05) is 19.2 Å². The minimum absolute atomic E-state index is 0.0445. The lowest BCUT2D eigenvalue weighted by Gasteiger charge is -2.47. The molecule has 1 atom stereocenters. The molecule has 4 nitrogen and oxygen atoms in total. The molecule has 0 bridgehead atoms. The topological polar surface area (TPSA) is 64.3 Å². The van der Waals surface area contributed by atoms with Crippen LogP contribution in [0.25, 0.3) is 0 Å². The van der Waals surface area contributed by atoms with Crippen LogP contribution in [0.3, 0.4) is 0 Å². The second-order valence-electron chi connectivity index (χ2n) is 4.99. The van der Waals surface area contributed by atoms with Crippen molar-refractivity contribution in [1.29, 1.82) is 0 Å². The third-order valence-electron chi connectivity index (χ3n) is 4.02. The zero-order chi connectivity index (χ0) is 12.3. The highest BCUT2D eigenvalue weighted by atomic mass is 16.5. The van der Waals surface area contributed by atoms with Crippen molar-refractivity contribution in [3.05, 3.63) is 24.3 Å². The predicted octanol–water partition coefficient (Wildman–Crippen LogP) is 1.58. The molecule has 2 rings (SSSR count). The van der Waals surface area contributed by atoms with Crippen LogP contribution in [0.2, 0.25) is 0 Å². The summed E-state index contributed by atoms with van der Waals surface area (Å²) in [5, 5.41) is 3.28. The third-order valence-corrected chi connectivity index (χ3v) is 4.02. The molecular weight excluding hydrogens is 216 g/mol. The molecule has 0 spiro atoms. The van der Waals surface area contributed by atoms with Crippen LogP contribution in [0.4, 0.5) is 4.79 Å². The van der Waals surface area contributed by atoms with Gasteiger partial charge in [0.05, 0.1) is 0 Å². The second kappa shape index (κ2) is 4.92. The van der Waals surface area contributed by atoms with Gasteiger partial charge in [0.1, 0.15) is 6.61 Å². The summed E-state index contributed by atoms with van der Waals surface area (Å²) in [6.45, 7) is 0.393. The van der Waals surface area contributed by atoms with Crippen LogP contribution in [0, 0.1) is 11.3 Å². The summed E-state index contributed by atoms with van der Waals surface area (Å²) in [7, 11) is 1.99. The van der Waals surface area contributed by atoms with Crippen LogP contribution in [0.1, 0.15) is 19.3 Å². The van der Waals surface area contributed by atoms with Crippen molar-refractivity contribution >= 4 is 6.09 Å². The Labute approximate surface area is 102 Å². The second-order valence-corrected chi connectivity index (χ2v) is 4.99. The lowest BCUT2D eigenvalue weighted by atomic mass is 9.61. The number of ether oxygens (including phenoxy) is 1. The molecule has 1 amide bonds. The van der Waals surface area contributed by atoms with E-state index in [0.29, 0.717) is 18.6 Å². The fourth-order valence-electron chi connectivity index (χ4n) is 2.74. The number of rotatable bonds is 4. The zero-order valence-corrected chi connectivity index (χ0v) is 10.2. The van der Waals surface area contributed by atoms with E-state index in [1.165, 1.54) is 0 Å². The molecular formula is C13H20N2O2. The van der Waals surface area contributed by atoms with E-state index in [-0.39, 0.29) is 5.41 Å². The van der Waals surface area contributed by atoms with Crippen LogP contribution in [0.15, 0.2) is 24.3 Å². The molecule has 4 heteroatoms. The Morgan fingerprint density at radius 1 is 1.53 bits per heavy atom. The van der Waals surface area contributed by atoms with Crippen LogP contribution in [0.5, 0.6) is 0 Å². The summed E-state index contributed by atoms with van der Waals surface area (Å²) in [4.78, 5) is 10.8. The maximum absolute atomic E-state index is 10.8. The van der Waals surface area contributed by atoms with Crippen LogP contribution in [-0.2, 0) is 4.74 Å². The summed E-state index contributed by atoms with van der Waals surface area (Å²) >= 11 is 0. The average molecular weight is 236 g/mol. The number of amides is 1. The molecule has 0 heterocycles. The molecule has 94 valence electrons. The van der Waals surface area contributed by atoms with E-state index < -0.39 is 6.09 Å². The monoisotopic (exact) mass is 236 g/mol. The van der Waals surface area contributed by atoms with Crippen LogP contribution >= 0.6 is 0 Å². The van der Waals surface area contributed by atoms with Gasteiger partial charge in [0.2, 0.25) is 0 Å². The Balaban J connectivity index is 2.01. The highest BCUT2D eigenvalue weighted by molar-refractivity contribution is 5.64. The van der Waals surface area contributed by atoms with Crippen molar-refractivity contribution in [2.75, 3.05) is 13.7 Å². The first-order valence-corrected chi connectivity index (χ1v) is 6.10. The number of primary amides is 1. The van der Waals surface area contributed by atoms with E-state index >= 15 is 0 Å². The molecule has 3 N–H and O–H groups in total. The van der Waals surface area contributed by atoms with Gasteiger partial charge in [-0.15, -0.1) is 0 Å². The first-order valence-electron chi connectivity index (χ1n) is 6.10. The fourth-order valence-corrected chi connectivity index (χ4v) is 2.74. The third kappa shape index (κ3) is 2.52. The Morgan fingerprint density at radius 3 is 2.82 bits per heavy atom. The number of carbonyl (C=O) groups excluding carboxylic acids is 1. The molecule has 0 radical (unpaired) electrons. The fraction of sp³-hybridized carbons (Fsp3) is 0.615. The molecule has 2 aliphatic rings. The molecule has 0 aromatic carbocycles.